The number of hydrogen-bond acceptors (Lipinski definition) is 7. The number of aromatic nitrogens is 2. The van der Waals surface area contributed by atoms with Crippen LogP contribution < -0.4 is 10.6 Å². The van der Waals surface area contributed by atoms with Crippen LogP contribution in [0, 0.1) is 0 Å². The molecule has 23 heavy (non-hydrogen) atoms. The molecule has 3 heterocycles. The molecular weight excluding hydrogens is 296 g/mol. The van der Waals surface area contributed by atoms with E-state index in [9.17, 15) is 4.79 Å². The van der Waals surface area contributed by atoms with Gasteiger partial charge in [-0.05, 0) is 25.0 Å². The first-order valence-electron chi connectivity index (χ1n) is 7.75. The number of carbonyl (C=O) groups is 1. The van der Waals surface area contributed by atoms with Gasteiger partial charge in [-0.25, -0.2) is 14.8 Å². The summed E-state index contributed by atoms with van der Waals surface area (Å²) < 4.78 is 10.2. The molecule has 1 fully saturated rings. The summed E-state index contributed by atoms with van der Waals surface area (Å²) in [5.41, 5.74) is 6.47. The van der Waals surface area contributed by atoms with E-state index in [1.54, 1.807) is 18.4 Å². The van der Waals surface area contributed by atoms with Crippen molar-refractivity contribution in [2.75, 3.05) is 30.8 Å². The van der Waals surface area contributed by atoms with Gasteiger partial charge in [-0.1, -0.05) is 12.8 Å². The van der Waals surface area contributed by atoms with Crippen molar-refractivity contribution in [1.29, 1.82) is 0 Å². The zero-order valence-electron chi connectivity index (χ0n) is 13.1. The highest BCUT2D eigenvalue weighted by molar-refractivity contribution is 5.93. The van der Waals surface area contributed by atoms with Gasteiger partial charge in [-0.3, -0.25) is 0 Å². The van der Waals surface area contributed by atoms with Crippen LogP contribution in [0.15, 0.2) is 22.8 Å². The Kier molecular flexibility index (Phi) is 4.45. The lowest BCUT2D eigenvalue weighted by atomic mass is 10.2. The molecule has 122 valence electrons. The van der Waals surface area contributed by atoms with Crippen LogP contribution in [0.5, 0.6) is 0 Å². The van der Waals surface area contributed by atoms with Crippen LogP contribution >= 0.6 is 0 Å². The summed E-state index contributed by atoms with van der Waals surface area (Å²) in [6.45, 7) is 1.78. The quantitative estimate of drug-likeness (QED) is 0.869. The molecule has 0 aromatic carbocycles. The fourth-order valence-corrected chi connectivity index (χ4v) is 2.77. The van der Waals surface area contributed by atoms with E-state index in [-0.39, 0.29) is 11.5 Å². The smallest absolute Gasteiger partial charge is 0.360 e. The molecule has 0 bridgehead atoms. The third-order valence-corrected chi connectivity index (χ3v) is 3.94. The maximum atomic E-state index is 11.8. The summed E-state index contributed by atoms with van der Waals surface area (Å²) in [6.07, 6.45) is 6.17. The number of nitrogens with two attached hydrogens (primary N) is 1. The van der Waals surface area contributed by atoms with Crippen LogP contribution in [0.1, 0.15) is 36.2 Å². The molecule has 0 unspecified atom stereocenters. The SMILES string of the molecule is COC(=O)c1nc(-c2ccco2)c(N2CCCCCC2)nc1N. The Balaban J connectivity index is 2.09. The standard InChI is InChI=1S/C16H20N4O3/c1-22-16(21)13-14(17)19-15(20-8-4-2-3-5-9-20)12(18-13)11-7-6-10-23-11/h6-7,10H,2-5,8-9H2,1H3,(H2,17,19). The second kappa shape index (κ2) is 6.68. The largest absolute Gasteiger partial charge is 0.464 e. The molecule has 7 nitrogen and oxygen atoms in total. The molecule has 2 aromatic heterocycles. The van der Waals surface area contributed by atoms with Gasteiger partial charge in [0.25, 0.3) is 0 Å². The van der Waals surface area contributed by atoms with Crippen LogP contribution in [0.3, 0.4) is 0 Å². The number of hydrogen-bond donors (Lipinski definition) is 1. The molecule has 1 aliphatic rings. The minimum absolute atomic E-state index is 0.0115. The highest BCUT2D eigenvalue weighted by Gasteiger charge is 2.24. The van der Waals surface area contributed by atoms with Gasteiger partial charge in [0.15, 0.2) is 23.1 Å². The number of methoxy groups -OCH3 is 1. The van der Waals surface area contributed by atoms with Crippen LogP contribution in [0.25, 0.3) is 11.5 Å². The number of esters is 1. The van der Waals surface area contributed by atoms with Crippen molar-refractivity contribution in [2.45, 2.75) is 25.7 Å². The average molecular weight is 316 g/mol. The van der Waals surface area contributed by atoms with Crippen LogP contribution in [0.4, 0.5) is 11.6 Å². The van der Waals surface area contributed by atoms with E-state index in [4.69, 9.17) is 14.9 Å². The topological polar surface area (TPSA) is 94.5 Å². The molecule has 2 aromatic rings. The molecule has 0 saturated carbocycles. The Morgan fingerprint density at radius 3 is 2.61 bits per heavy atom. The first-order chi connectivity index (χ1) is 11.2. The van der Waals surface area contributed by atoms with Gasteiger partial charge >= 0.3 is 5.97 Å². The van der Waals surface area contributed by atoms with Gasteiger partial charge in [-0.15, -0.1) is 0 Å². The lowest BCUT2D eigenvalue weighted by Crippen LogP contribution is -2.27. The number of ether oxygens (including phenoxy) is 1. The molecule has 0 atom stereocenters. The molecule has 0 amide bonds. The lowest BCUT2D eigenvalue weighted by Gasteiger charge is -2.23. The molecule has 0 aliphatic carbocycles. The van der Waals surface area contributed by atoms with E-state index >= 15 is 0 Å². The van der Waals surface area contributed by atoms with E-state index in [0.717, 1.165) is 25.9 Å². The molecule has 1 aliphatic heterocycles. The minimum atomic E-state index is -0.606. The van der Waals surface area contributed by atoms with Gasteiger partial charge in [0.2, 0.25) is 0 Å². The second-order valence-electron chi connectivity index (χ2n) is 5.50. The summed E-state index contributed by atoms with van der Waals surface area (Å²) in [7, 11) is 1.29. The van der Waals surface area contributed by atoms with Crippen molar-refractivity contribution in [3.63, 3.8) is 0 Å². The maximum absolute atomic E-state index is 11.8. The van der Waals surface area contributed by atoms with Crippen molar-refractivity contribution >= 4 is 17.6 Å². The summed E-state index contributed by atoms with van der Waals surface area (Å²) in [5.74, 6) is 0.686. The highest BCUT2D eigenvalue weighted by Crippen LogP contribution is 2.31. The number of carbonyl (C=O) groups excluding carboxylic acids is 1. The van der Waals surface area contributed by atoms with Crippen LogP contribution in [0.2, 0.25) is 0 Å². The molecule has 0 radical (unpaired) electrons. The number of nitrogens with zero attached hydrogens (tertiary/aromatic N) is 3. The predicted octanol–water partition coefficient (Wildman–Crippen LogP) is 2.49. The number of rotatable bonds is 3. The van der Waals surface area contributed by atoms with E-state index in [0.29, 0.717) is 17.3 Å². The Bertz CT molecular complexity index is 677. The zero-order chi connectivity index (χ0) is 16.2. The van der Waals surface area contributed by atoms with Crippen molar-refractivity contribution in [2.24, 2.45) is 0 Å². The molecule has 1 saturated heterocycles. The highest BCUT2D eigenvalue weighted by atomic mass is 16.5. The van der Waals surface area contributed by atoms with Gasteiger partial charge in [-0.2, -0.15) is 0 Å². The minimum Gasteiger partial charge on any atom is -0.464 e. The molecule has 7 heteroatoms. The monoisotopic (exact) mass is 316 g/mol. The van der Waals surface area contributed by atoms with Gasteiger partial charge in [0, 0.05) is 13.1 Å². The first-order valence-corrected chi connectivity index (χ1v) is 7.75. The van der Waals surface area contributed by atoms with E-state index in [1.165, 1.54) is 20.0 Å². The van der Waals surface area contributed by atoms with Crippen LogP contribution in [-0.4, -0.2) is 36.1 Å². The number of nitrogen functional groups attached to an aromatic ring is 1. The normalized spacial score (nSPS) is 15.3. The van der Waals surface area contributed by atoms with Gasteiger partial charge in [0.05, 0.1) is 13.4 Å². The predicted molar refractivity (Wildman–Crippen MR) is 86.2 cm³/mol. The maximum Gasteiger partial charge on any atom is 0.360 e. The van der Waals surface area contributed by atoms with Crippen LogP contribution in [-0.2, 0) is 4.74 Å². The molecule has 3 rings (SSSR count). The lowest BCUT2D eigenvalue weighted by molar-refractivity contribution is 0.0595. The fraction of sp³-hybridized carbons (Fsp3) is 0.438. The number of furan rings is 1. The van der Waals surface area contributed by atoms with Crippen molar-refractivity contribution in [3.8, 4) is 11.5 Å². The number of anilines is 2. The van der Waals surface area contributed by atoms with E-state index in [2.05, 4.69) is 14.9 Å². The summed E-state index contributed by atoms with van der Waals surface area (Å²) in [6, 6.07) is 3.57. The Morgan fingerprint density at radius 1 is 1.26 bits per heavy atom. The molecule has 2 N–H and O–H groups in total. The van der Waals surface area contributed by atoms with Gasteiger partial charge in [0.1, 0.15) is 5.69 Å². The fourth-order valence-electron chi connectivity index (χ4n) is 2.77. The molecular formula is C16H20N4O3. The van der Waals surface area contributed by atoms with Crippen molar-refractivity contribution in [1.82, 2.24) is 9.97 Å². The van der Waals surface area contributed by atoms with Gasteiger partial charge < -0.3 is 19.8 Å². The van der Waals surface area contributed by atoms with E-state index in [1.807, 2.05) is 0 Å². The Labute approximate surface area is 134 Å². The first kappa shape index (κ1) is 15.3. The average Bonchev–Trinajstić information content (AvgIpc) is 2.96. The second-order valence-corrected chi connectivity index (χ2v) is 5.50. The zero-order valence-corrected chi connectivity index (χ0v) is 13.1. The Morgan fingerprint density at radius 2 is 2.00 bits per heavy atom. The summed E-state index contributed by atoms with van der Waals surface area (Å²) in [5, 5.41) is 0. The third-order valence-electron chi connectivity index (χ3n) is 3.94. The van der Waals surface area contributed by atoms with E-state index < -0.39 is 5.97 Å². The van der Waals surface area contributed by atoms with Crippen molar-refractivity contribution < 1.29 is 13.9 Å². The summed E-state index contributed by atoms with van der Waals surface area (Å²) in [4.78, 5) is 22.8. The summed E-state index contributed by atoms with van der Waals surface area (Å²) >= 11 is 0. The molecule has 0 spiro atoms. The Hall–Kier alpha value is -2.57. The van der Waals surface area contributed by atoms with Crippen molar-refractivity contribution in [3.05, 3.63) is 24.1 Å². The third kappa shape index (κ3) is 3.13.